The van der Waals surface area contributed by atoms with Gasteiger partial charge in [0.15, 0.2) is 0 Å². The molecule has 0 fully saturated rings. The number of hydrazone groups is 1. The Morgan fingerprint density at radius 2 is 1.74 bits per heavy atom. The first-order chi connectivity index (χ1) is 10.8. The summed E-state index contributed by atoms with van der Waals surface area (Å²) in [6.07, 6.45) is 0.725. The quantitative estimate of drug-likeness (QED) is 0.938. The maximum absolute atomic E-state index is 13.1. The van der Waals surface area contributed by atoms with Gasteiger partial charge in [0, 0.05) is 12.1 Å². The Kier molecular flexibility index (Phi) is 3.91. The molecule has 0 bridgehead atoms. The number of rotatable bonds is 3. The fourth-order valence-electron chi connectivity index (χ4n) is 2.63. The van der Waals surface area contributed by atoms with Crippen LogP contribution in [0.1, 0.15) is 24.9 Å². The van der Waals surface area contributed by atoms with E-state index in [1.807, 2.05) is 11.9 Å². The maximum Gasteiger partial charge on any atom is 0.238 e. The molecule has 1 aliphatic heterocycles. The van der Waals surface area contributed by atoms with Gasteiger partial charge in [0.25, 0.3) is 0 Å². The summed E-state index contributed by atoms with van der Waals surface area (Å²) in [6, 6.07) is 12.5. The highest BCUT2D eigenvalue weighted by Crippen LogP contribution is 2.35. The van der Waals surface area contributed by atoms with Crippen LogP contribution in [0.3, 0.4) is 0 Å². The van der Waals surface area contributed by atoms with E-state index in [9.17, 15) is 12.8 Å². The summed E-state index contributed by atoms with van der Waals surface area (Å²) >= 11 is 0. The Balaban J connectivity index is 1.94. The number of nitrogens with two attached hydrogens (primary N) is 1. The predicted octanol–water partition coefficient (Wildman–Crippen LogP) is 2.80. The summed E-state index contributed by atoms with van der Waals surface area (Å²) in [6.45, 7) is 1.93. The van der Waals surface area contributed by atoms with Gasteiger partial charge in [-0.1, -0.05) is 12.1 Å². The van der Waals surface area contributed by atoms with Crippen molar-refractivity contribution >= 4 is 21.4 Å². The summed E-state index contributed by atoms with van der Waals surface area (Å²) in [5, 5.41) is 11.4. The first-order valence-electron chi connectivity index (χ1n) is 7.06. The molecule has 2 aromatic carbocycles. The van der Waals surface area contributed by atoms with Crippen LogP contribution in [0, 0.1) is 5.82 Å². The van der Waals surface area contributed by atoms with Gasteiger partial charge in [0.05, 0.1) is 16.6 Å². The Morgan fingerprint density at radius 1 is 1.13 bits per heavy atom. The molecule has 0 radical (unpaired) electrons. The van der Waals surface area contributed by atoms with Gasteiger partial charge >= 0.3 is 0 Å². The van der Waals surface area contributed by atoms with Crippen LogP contribution in [0.25, 0.3) is 0 Å². The molecule has 3 rings (SSSR count). The van der Waals surface area contributed by atoms with Gasteiger partial charge in [-0.15, -0.1) is 0 Å². The van der Waals surface area contributed by atoms with Crippen molar-refractivity contribution in [2.75, 3.05) is 5.01 Å². The lowest BCUT2D eigenvalue weighted by atomic mass is 10.0. The van der Waals surface area contributed by atoms with Crippen LogP contribution in [0.15, 0.2) is 58.5 Å². The van der Waals surface area contributed by atoms with E-state index in [4.69, 9.17) is 5.14 Å². The molecular formula is C16H16FN3O2S. The van der Waals surface area contributed by atoms with Crippen LogP contribution in [0.4, 0.5) is 10.1 Å². The Hall–Kier alpha value is -2.25. The SMILES string of the molecule is CC1=NN(c2ccc(S(N)(=O)=O)cc2)C(c2ccc(F)cc2)C1. The van der Waals surface area contributed by atoms with Crippen LogP contribution in [-0.2, 0) is 10.0 Å². The summed E-state index contributed by atoms with van der Waals surface area (Å²) in [5.41, 5.74) is 2.65. The van der Waals surface area contributed by atoms with E-state index >= 15 is 0 Å². The van der Waals surface area contributed by atoms with Gasteiger partial charge in [0.1, 0.15) is 5.82 Å². The zero-order valence-electron chi connectivity index (χ0n) is 12.5. The Bertz CT molecular complexity index is 846. The molecule has 0 saturated carbocycles. The number of nitrogens with zero attached hydrogens (tertiary/aromatic N) is 2. The van der Waals surface area contributed by atoms with Crippen LogP contribution < -0.4 is 10.1 Å². The molecule has 0 amide bonds. The molecule has 1 atom stereocenters. The van der Waals surface area contributed by atoms with Crippen molar-refractivity contribution in [3.63, 3.8) is 0 Å². The van der Waals surface area contributed by atoms with Gasteiger partial charge in [-0.05, 0) is 48.9 Å². The van der Waals surface area contributed by atoms with Crippen molar-refractivity contribution in [2.24, 2.45) is 10.2 Å². The summed E-state index contributed by atoms with van der Waals surface area (Å²) in [4.78, 5) is 0.0551. The van der Waals surface area contributed by atoms with Crippen LogP contribution in [-0.4, -0.2) is 14.1 Å². The number of benzene rings is 2. The lowest BCUT2D eigenvalue weighted by Gasteiger charge is -2.24. The van der Waals surface area contributed by atoms with Crippen molar-refractivity contribution < 1.29 is 12.8 Å². The largest absolute Gasteiger partial charge is 0.258 e. The van der Waals surface area contributed by atoms with E-state index in [0.29, 0.717) is 0 Å². The normalized spacial score (nSPS) is 18.1. The predicted molar refractivity (Wildman–Crippen MR) is 87.2 cm³/mol. The average molecular weight is 333 g/mol. The third-order valence-electron chi connectivity index (χ3n) is 3.75. The lowest BCUT2D eigenvalue weighted by Crippen LogP contribution is -2.19. The second-order valence-corrected chi connectivity index (χ2v) is 7.05. The molecule has 7 heteroatoms. The number of sulfonamides is 1. The standard InChI is InChI=1S/C16H16FN3O2S/c1-11-10-16(12-2-4-13(17)5-3-12)20(19-11)14-6-8-15(9-7-14)23(18,21)22/h2-9,16H,10H2,1H3,(H2,18,21,22). The highest BCUT2D eigenvalue weighted by Gasteiger charge is 2.27. The topological polar surface area (TPSA) is 75.8 Å². The molecule has 23 heavy (non-hydrogen) atoms. The smallest absolute Gasteiger partial charge is 0.238 e. The molecular weight excluding hydrogens is 317 g/mol. The third kappa shape index (κ3) is 3.25. The van der Waals surface area contributed by atoms with E-state index in [1.165, 1.54) is 24.3 Å². The molecule has 2 N–H and O–H groups in total. The molecule has 120 valence electrons. The second kappa shape index (κ2) is 5.75. The van der Waals surface area contributed by atoms with Gasteiger partial charge < -0.3 is 0 Å². The Labute approximate surface area is 134 Å². The van der Waals surface area contributed by atoms with Crippen molar-refractivity contribution in [3.05, 3.63) is 59.9 Å². The fraction of sp³-hybridized carbons (Fsp3) is 0.188. The number of halogens is 1. The molecule has 1 heterocycles. The zero-order valence-corrected chi connectivity index (χ0v) is 13.3. The molecule has 0 spiro atoms. The van der Waals surface area contributed by atoms with Gasteiger partial charge in [0.2, 0.25) is 10.0 Å². The fourth-order valence-corrected chi connectivity index (χ4v) is 3.15. The monoisotopic (exact) mass is 333 g/mol. The Morgan fingerprint density at radius 3 is 2.30 bits per heavy atom. The van der Waals surface area contributed by atoms with Crippen LogP contribution in [0.2, 0.25) is 0 Å². The number of primary sulfonamides is 1. The first-order valence-corrected chi connectivity index (χ1v) is 8.61. The molecule has 0 saturated heterocycles. The third-order valence-corrected chi connectivity index (χ3v) is 4.68. The second-order valence-electron chi connectivity index (χ2n) is 5.49. The number of anilines is 1. The van der Waals surface area contributed by atoms with Crippen molar-refractivity contribution in [1.29, 1.82) is 0 Å². The van der Waals surface area contributed by atoms with Gasteiger partial charge in [-0.25, -0.2) is 17.9 Å². The number of hydrogen-bond acceptors (Lipinski definition) is 4. The minimum atomic E-state index is -3.72. The van der Waals surface area contributed by atoms with E-state index < -0.39 is 10.0 Å². The van der Waals surface area contributed by atoms with Crippen molar-refractivity contribution in [2.45, 2.75) is 24.3 Å². The first kappa shape index (κ1) is 15.6. The number of hydrogen-bond donors (Lipinski definition) is 1. The van der Waals surface area contributed by atoms with Crippen molar-refractivity contribution in [3.8, 4) is 0 Å². The minimum Gasteiger partial charge on any atom is -0.258 e. The summed E-state index contributed by atoms with van der Waals surface area (Å²) < 4.78 is 35.8. The van der Waals surface area contributed by atoms with Crippen molar-refractivity contribution in [1.82, 2.24) is 0 Å². The minimum absolute atomic E-state index is 0.0454. The van der Waals surface area contributed by atoms with Gasteiger partial charge in [-0.2, -0.15) is 5.10 Å². The highest BCUT2D eigenvalue weighted by molar-refractivity contribution is 7.89. The lowest BCUT2D eigenvalue weighted by molar-refractivity contribution is 0.597. The van der Waals surface area contributed by atoms with E-state index in [1.54, 1.807) is 24.3 Å². The molecule has 5 nitrogen and oxygen atoms in total. The van der Waals surface area contributed by atoms with Crippen LogP contribution >= 0.6 is 0 Å². The van der Waals surface area contributed by atoms with Gasteiger partial charge in [-0.3, -0.25) is 5.01 Å². The van der Waals surface area contributed by atoms with E-state index in [-0.39, 0.29) is 16.8 Å². The maximum atomic E-state index is 13.1. The molecule has 0 aromatic heterocycles. The molecule has 0 aliphatic carbocycles. The van der Waals surface area contributed by atoms with E-state index in [2.05, 4.69) is 5.10 Å². The summed E-state index contributed by atoms with van der Waals surface area (Å²) in [7, 11) is -3.72. The highest BCUT2D eigenvalue weighted by atomic mass is 32.2. The van der Waals surface area contributed by atoms with Crippen LogP contribution in [0.5, 0.6) is 0 Å². The van der Waals surface area contributed by atoms with E-state index in [0.717, 1.165) is 23.4 Å². The molecule has 2 aromatic rings. The average Bonchev–Trinajstić information content (AvgIpc) is 2.89. The summed E-state index contributed by atoms with van der Waals surface area (Å²) in [5.74, 6) is -0.284. The molecule has 1 aliphatic rings. The zero-order chi connectivity index (χ0) is 16.6. The molecule has 1 unspecified atom stereocenters.